The van der Waals surface area contributed by atoms with E-state index in [0.29, 0.717) is 24.5 Å². The van der Waals surface area contributed by atoms with Crippen LogP contribution in [0.5, 0.6) is 0 Å². The van der Waals surface area contributed by atoms with Crippen LogP contribution in [-0.2, 0) is 9.59 Å². The van der Waals surface area contributed by atoms with Crippen LogP contribution in [-0.4, -0.2) is 46.7 Å². The van der Waals surface area contributed by atoms with Gasteiger partial charge in [-0.2, -0.15) is 0 Å². The Morgan fingerprint density at radius 1 is 1.57 bits per heavy atom. The SMILES string of the molecule is Cc1cc(NC(=O)CCN2CCCC(CC(=O)O)C2)no1. The quantitative estimate of drug-likeness (QED) is 0.825. The number of rotatable bonds is 6. The van der Waals surface area contributed by atoms with Crippen molar-refractivity contribution in [2.45, 2.75) is 32.6 Å². The average molecular weight is 295 g/mol. The van der Waals surface area contributed by atoms with Crippen molar-refractivity contribution in [3.8, 4) is 0 Å². The molecule has 21 heavy (non-hydrogen) atoms. The minimum atomic E-state index is -0.749. The predicted molar refractivity (Wildman–Crippen MR) is 75.9 cm³/mol. The van der Waals surface area contributed by atoms with E-state index in [1.165, 1.54) is 0 Å². The third-order valence-corrected chi connectivity index (χ3v) is 3.62. The Morgan fingerprint density at radius 2 is 2.38 bits per heavy atom. The van der Waals surface area contributed by atoms with Gasteiger partial charge < -0.3 is 19.8 Å². The van der Waals surface area contributed by atoms with E-state index in [0.717, 1.165) is 25.9 Å². The predicted octanol–water partition coefficient (Wildman–Crippen LogP) is 1.50. The molecule has 1 atom stereocenters. The summed E-state index contributed by atoms with van der Waals surface area (Å²) in [7, 11) is 0. The molecule has 1 amide bonds. The van der Waals surface area contributed by atoms with Crippen molar-refractivity contribution >= 4 is 17.7 Å². The van der Waals surface area contributed by atoms with Crippen molar-refractivity contribution in [2.24, 2.45) is 5.92 Å². The van der Waals surface area contributed by atoms with Crippen LogP contribution in [0.25, 0.3) is 0 Å². The highest BCUT2D eigenvalue weighted by atomic mass is 16.5. The van der Waals surface area contributed by atoms with Gasteiger partial charge in [-0.1, -0.05) is 5.16 Å². The summed E-state index contributed by atoms with van der Waals surface area (Å²) in [6.07, 6.45) is 2.52. The van der Waals surface area contributed by atoms with E-state index in [9.17, 15) is 9.59 Å². The number of amides is 1. The number of piperidine rings is 1. The normalized spacial score (nSPS) is 19.4. The molecular weight excluding hydrogens is 274 g/mol. The van der Waals surface area contributed by atoms with Gasteiger partial charge in [0.05, 0.1) is 0 Å². The fraction of sp³-hybridized carbons (Fsp3) is 0.643. The van der Waals surface area contributed by atoms with Gasteiger partial charge in [0, 0.05) is 32.0 Å². The molecule has 7 nitrogen and oxygen atoms in total. The number of likely N-dealkylation sites (tertiary alicyclic amines) is 1. The molecule has 116 valence electrons. The molecule has 1 unspecified atom stereocenters. The number of hydrogen-bond donors (Lipinski definition) is 2. The van der Waals surface area contributed by atoms with E-state index in [4.69, 9.17) is 9.63 Å². The molecule has 1 saturated heterocycles. The number of aryl methyl sites for hydroxylation is 1. The van der Waals surface area contributed by atoms with E-state index in [-0.39, 0.29) is 18.2 Å². The number of carbonyl (C=O) groups is 2. The van der Waals surface area contributed by atoms with Crippen molar-refractivity contribution in [3.63, 3.8) is 0 Å². The molecule has 0 bridgehead atoms. The van der Waals surface area contributed by atoms with Crippen LogP contribution < -0.4 is 5.32 Å². The molecule has 0 radical (unpaired) electrons. The number of hydrogen-bond acceptors (Lipinski definition) is 5. The first-order valence-corrected chi connectivity index (χ1v) is 7.20. The highest BCUT2D eigenvalue weighted by Crippen LogP contribution is 2.19. The van der Waals surface area contributed by atoms with E-state index >= 15 is 0 Å². The van der Waals surface area contributed by atoms with Crippen LogP contribution in [0.4, 0.5) is 5.82 Å². The Kier molecular flexibility index (Phi) is 5.32. The Morgan fingerprint density at radius 3 is 3.05 bits per heavy atom. The Labute approximate surface area is 123 Å². The summed E-state index contributed by atoms with van der Waals surface area (Å²) in [5, 5.41) is 15.2. The lowest BCUT2D eigenvalue weighted by Crippen LogP contribution is -2.38. The largest absolute Gasteiger partial charge is 0.481 e. The summed E-state index contributed by atoms with van der Waals surface area (Å²) in [4.78, 5) is 24.7. The van der Waals surface area contributed by atoms with Crippen LogP contribution in [0, 0.1) is 12.8 Å². The van der Waals surface area contributed by atoms with Gasteiger partial charge in [0.2, 0.25) is 5.91 Å². The number of carbonyl (C=O) groups excluding carboxylic acids is 1. The Bertz CT molecular complexity index is 500. The van der Waals surface area contributed by atoms with E-state index in [2.05, 4.69) is 15.4 Å². The van der Waals surface area contributed by atoms with Crippen LogP contribution in [0.2, 0.25) is 0 Å². The third kappa shape index (κ3) is 5.18. The van der Waals surface area contributed by atoms with Crippen LogP contribution in [0.15, 0.2) is 10.6 Å². The molecule has 2 N–H and O–H groups in total. The van der Waals surface area contributed by atoms with Gasteiger partial charge in [0.15, 0.2) is 5.82 Å². The fourth-order valence-electron chi connectivity index (χ4n) is 2.66. The van der Waals surface area contributed by atoms with E-state index < -0.39 is 5.97 Å². The molecular formula is C14H21N3O4. The second-order valence-electron chi connectivity index (χ2n) is 5.53. The molecule has 7 heteroatoms. The van der Waals surface area contributed by atoms with Crippen molar-refractivity contribution < 1.29 is 19.2 Å². The highest BCUT2D eigenvalue weighted by molar-refractivity contribution is 5.89. The van der Waals surface area contributed by atoms with Gasteiger partial charge in [-0.25, -0.2) is 0 Å². The zero-order chi connectivity index (χ0) is 15.2. The monoisotopic (exact) mass is 295 g/mol. The molecule has 1 aliphatic rings. The smallest absolute Gasteiger partial charge is 0.303 e. The fourth-order valence-corrected chi connectivity index (χ4v) is 2.66. The molecule has 1 aromatic rings. The summed E-state index contributed by atoms with van der Waals surface area (Å²) in [5.41, 5.74) is 0. The summed E-state index contributed by atoms with van der Waals surface area (Å²) in [6, 6.07) is 1.67. The maximum Gasteiger partial charge on any atom is 0.303 e. The van der Waals surface area contributed by atoms with Gasteiger partial charge in [0.25, 0.3) is 0 Å². The molecule has 0 aliphatic carbocycles. The lowest BCUT2D eigenvalue weighted by atomic mass is 9.95. The highest BCUT2D eigenvalue weighted by Gasteiger charge is 2.22. The van der Waals surface area contributed by atoms with Crippen molar-refractivity contribution in [2.75, 3.05) is 25.0 Å². The maximum atomic E-state index is 11.8. The molecule has 2 heterocycles. The summed E-state index contributed by atoms with van der Waals surface area (Å²) < 4.78 is 4.88. The van der Waals surface area contributed by atoms with Crippen LogP contribution in [0.1, 0.15) is 31.4 Å². The zero-order valence-corrected chi connectivity index (χ0v) is 12.2. The molecule has 2 rings (SSSR count). The van der Waals surface area contributed by atoms with E-state index in [1.54, 1.807) is 13.0 Å². The van der Waals surface area contributed by atoms with Crippen molar-refractivity contribution in [3.05, 3.63) is 11.8 Å². The molecule has 0 aromatic carbocycles. The molecule has 1 fully saturated rings. The minimum Gasteiger partial charge on any atom is -0.481 e. The Hall–Kier alpha value is -1.89. The van der Waals surface area contributed by atoms with Gasteiger partial charge in [0.1, 0.15) is 5.76 Å². The lowest BCUT2D eigenvalue weighted by molar-refractivity contribution is -0.138. The van der Waals surface area contributed by atoms with Gasteiger partial charge in [-0.15, -0.1) is 0 Å². The first kappa shape index (κ1) is 15.5. The Balaban J connectivity index is 1.72. The number of aromatic nitrogens is 1. The summed E-state index contributed by atoms with van der Waals surface area (Å²) >= 11 is 0. The van der Waals surface area contributed by atoms with Gasteiger partial charge in [-0.05, 0) is 32.2 Å². The number of anilines is 1. The van der Waals surface area contributed by atoms with Crippen molar-refractivity contribution in [1.82, 2.24) is 10.1 Å². The first-order valence-electron chi connectivity index (χ1n) is 7.20. The zero-order valence-electron chi connectivity index (χ0n) is 12.2. The second kappa shape index (κ2) is 7.21. The van der Waals surface area contributed by atoms with E-state index in [1.807, 2.05) is 0 Å². The number of nitrogens with zero attached hydrogens (tertiary/aromatic N) is 2. The van der Waals surface area contributed by atoms with Crippen molar-refractivity contribution in [1.29, 1.82) is 0 Å². The second-order valence-corrected chi connectivity index (χ2v) is 5.53. The molecule has 0 spiro atoms. The number of carboxylic acid groups (broad SMARTS) is 1. The summed E-state index contributed by atoms with van der Waals surface area (Å²) in [6.45, 7) is 4.08. The van der Waals surface area contributed by atoms with Gasteiger partial charge in [-0.3, -0.25) is 9.59 Å². The lowest BCUT2D eigenvalue weighted by Gasteiger charge is -2.31. The number of aliphatic carboxylic acids is 1. The average Bonchev–Trinajstić information content (AvgIpc) is 2.81. The number of nitrogens with one attached hydrogen (secondary N) is 1. The standard InChI is InChI=1S/C14H21N3O4/c1-10-7-12(16-21-10)15-13(18)4-6-17-5-2-3-11(9-17)8-14(19)20/h7,11H,2-6,8-9H2,1H3,(H,19,20)(H,15,16,18). The minimum absolute atomic E-state index is 0.108. The van der Waals surface area contributed by atoms with Crippen LogP contribution in [0.3, 0.4) is 0 Å². The molecule has 1 aromatic heterocycles. The topological polar surface area (TPSA) is 95.7 Å². The van der Waals surface area contributed by atoms with Crippen LogP contribution >= 0.6 is 0 Å². The molecule has 0 saturated carbocycles. The third-order valence-electron chi connectivity index (χ3n) is 3.62. The first-order chi connectivity index (χ1) is 10.0. The maximum absolute atomic E-state index is 11.8. The molecule has 1 aliphatic heterocycles. The number of carboxylic acids is 1. The summed E-state index contributed by atoms with van der Waals surface area (Å²) in [5.74, 6) is 0.417. The van der Waals surface area contributed by atoms with Gasteiger partial charge >= 0.3 is 5.97 Å².